The smallest absolute Gasteiger partial charge is 0.0247 e. The van der Waals surface area contributed by atoms with Crippen LogP contribution in [0.5, 0.6) is 0 Å². The van der Waals surface area contributed by atoms with Gasteiger partial charge in [-0.2, -0.15) is 0 Å². The van der Waals surface area contributed by atoms with E-state index in [2.05, 4.69) is 50.1 Å². The summed E-state index contributed by atoms with van der Waals surface area (Å²) in [6.07, 6.45) is 9.92. The zero-order valence-corrected chi connectivity index (χ0v) is 13.2. The van der Waals surface area contributed by atoms with Crippen LogP contribution in [0.1, 0.15) is 53.4 Å². The van der Waals surface area contributed by atoms with Gasteiger partial charge in [0.1, 0.15) is 0 Å². The zero-order chi connectivity index (χ0) is 13.8. The molecule has 0 aromatic carbocycles. The summed E-state index contributed by atoms with van der Waals surface area (Å²) in [5.41, 5.74) is 0. The molecule has 0 amide bonds. The highest BCUT2D eigenvalue weighted by Crippen LogP contribution is 2.27. The van der Waals surface area contributed by atoms with Crippen molar-refractivity contribution in [3.8, 4) is 0 Å². The first-order valence-electron chi connectivity index (χ1n) is 8.27. The minimum absolute atomic E-state index is 0.686. The molecular formula is C17H32N2. The Balaban J connectivity index is 2.06. The predicted octanol–water partition coefficient (Wildman–Crippen LogP) is 3.44. The fraction of sp³-hybridized carbons (Fsp3) is 0.882. The third-order valence-electron chi connectivity index (χ3n) is 5.23. The second-order valence-electron chi connectivity index (χ2n) is 6.85. The Morgan fingerprint density at radius 1 is 1.26 bits per heavy atom. The summed E-state index contributed by atoms with van der Waals surface area (Å²) in [5.74, 6) is 1.53. The van der Waals surface area contributed by atoms with Gasteiger partial charge in [0.05, 0.1) is 0 Å². The van der Waals surface area contributed by atoms with Gasteiger partial charge in [-0.3, -0.25) is 4.90 Å². The molecule has 1 N–H and O–H groups in total. The lowest BCUT2D eigenvalue weighted by Crippen LogP contribution is -2.62. The van der Waals surface area contributed by atoms with Gasteiger partial charge >= 0.3 is 0 Å². The van der Waals surface area contributed by atoms with Crippen LogP contribution in [0.2, 0.25) is 0 Å². The Morgan fingerprint density at radius 2 is 2.05 bits per heavy atom. The Bertz CT molecular complexity index is 298. The molecule has 1 aliphatic heterocycles. The maximum Gasteiger partial charge on any atom is 0.0247 e. The fourth-order valence-corrected chi connectivity index (χ4v) is 3.60. The molecule has 1 saturated heterocycles. The van der Waals surface area contributed by atoms with E-state index < -0.39 is 0 Å². The van der Waals surface area contributed by atoms with E-state index in [-0.39, 0.29) is 0 Å². The second kappa shape index (κ2) is 6.90. The topological polar surface area (TPSA) is 15.3 Å². The van der Waals surface area contributed by atoms with Crippen LogP contribution in [0, 0.1) is 11.8 Å². The van der Waals surface area contributed by atoms with E-state index in [4.69, 9.17) is 0 Å². The van der Waals surface area contributed by atoms with E-state index in [9.17, 15) is 0 Å². The molecule has 1 fully saturated rings. The van der Waals surface area contributed by atoms with Crippen molar-refractivity contribution < 1.29 is 0 Å². The molecule has 19 heavy (non-hydrogen) atoms. The summed E-state index contributed by atoms with van der Waals surface area (Å²) in [7, 11) is 0. The Labute approximate surface area is 119 Å². The summed E-state index contributed by atoms with van der Waals surface area (Å²) in [6.45, 7) is 11.9. The maximum atomic E-state index is 3.81. The molecule has 2 aliphatic rings. The van der Waals surface area contributed by atoms with Gasteiger partial charge in [0.25, 0.3) is 0 Å². The Hall–Kier alpha value is -0.340. The first-order valence-corrected chi connectivity index (χ1v) is 8.27. The largest absolute Gasteiger partial charge is 0.311 e. The van der Waals surface area contributed by atoms with Gasteiger partial charge in [-0.1, -0.05) is 46.3 Å². The van der Waals surface area contributed by atoms with Crippen molar-refractivity contribution in [2.45, 2.75) is 71.5 Å². The van der Waals surface area contributed by atoms with Crippen molar-refractivity contribution in [2.24, 2.45) is 11.8 Å². The first-order chi connectivity index (χ1) is 9.13. The van der Waals surface area contributed by atoms with Crippen LogP contribution in [0.4, 0.5) is 0 Å². The van der Waals surface area contributed by atoms with Gasteiger partial charge in [-0.15, -0.1) is 0 Å². The average Bonchev–Trinajstić information content (AvgIpc) is 2.46. The summed E-state index contributed by atoms with van der Waals surface area (Å²) in [4.78, 5) is 2.83. The minimum Gasteiger partial charge on any atom is -0.311 e. The maximum absolute atomic E-state index is 3.81. The molecule has 1 aliphatic carbocycles. The Kier molecular flexibility index (Phi) is 5.47. The third kappa shape index (κ3) is 3.61. The van der Waals surface area contributed by atoms with Crippen molar-refractivity contribution in [1.29, 1.82) is 0 Å². The number of nitrogens with one attached hydrogen (secondary N) is 1. The van der Waals surface area contributed by atoms with Gasteiger partial charge in [0.15, 0.2) is 0 Å². The van der Waals surface area contributed by atoms with Gasteiger partial charge in [-0.05, 0) is 31.1 Å². The lowest BCUT2D eigenvalue weighted by atomic mass is 9.88. The highest BCUT2D eigenvalue weighted by atomic mass is 15.3. The molecule has 110 valence electrons. The minimum atomic E-state index is 0.686. The molecule has 0 bridgehead atoms. The number of piperazine rings is 1. The van der Waals surface area contributed by atoms with E-state index in [0.717, 1.165) is 23.9 Å². The van der Waals surface area contributed by atoms with E-state index in [1.807, 2.05) is 0 Å². The van der Waals surface area contributed by atoms with Crippen LogP contribution in [-0.4, -0.2) is 36.1 Å². The average molecular weight is 264 g/mol. The molecule has 0 radical (unpaired) electrons. The summed E-state index contributed by atoms with van der Waals surface area (Å²) < 4.78 is 0. The molecule has 4 unspecified atom stereocenters. The van der Waals surface area contributed by atoms with E-state index in [1.54, 1.807) is 0 Å². The standard InChI is InChI=1S/C17H32N2/c1-5-14(4)16-12-19(15-9-7-6-8-10-15)17(11-18-16)13(2)3/h6-7,13-18H,5,8-12H2,1-4H3. The predicted molar refractivity (Wildman–Crippen MR) is 83.4 cm³/mol. The van der Waals surface area contributed by atoms with Crippen LogP contribution < -0.4 is 5.32 Å². The number of rotatable bonds is 4. The van der Waals surface area contributed by atoms with Crippen molar-refractivity contribution in [3.63, 3.8) is 0 Å². The molecule has 2 nitrogen and oxygen atoms in total. The van der Waals surface area contributed by atoms with E-state index >= 15 is 0 Å². The monoisotopic (exact) mass is 264 g/mol. The first kappa shape index (κ1) is 15.1. The Morgan fingerprint density at radius 3 is 2.63 bits per heavy atom. The molecule has 0 saturated carbocycles. The van der Waals surface area contributed by atoms with Crippen molar-refractivity contribution in [3.05, 3.63) is 12.2 Å². The quantitative estimate of drug-likeness (QED) is 0.783. The molecular weight excluding hydrogens is 232 g/mol. The lowest BCUT2D eigenvalue weighted by molar-refractivity contribution is 0.0394. The summed E-state index contributed by atoms with van der Waals surface area (Å²) in [5, 5.41) is 3.81. The number of hydrogen-bond acceptors (Lipinski definition) is 2. The van der Waals surface area contributed by atoms with Crippen LogP contribution in [-0.2, 0) is 0 Å². The molecule has 2 heteroatoms. The van der Waals surface area contributed by atoms with E-state index in [0.29, 0.717) is 6.04 Å². The molecule has 2 rings (SSSR count). The van der Waals surface area contributed by atoms with Crippen LogP contribution >= 0.6 is 0 Å². The lowest BCUT2D eigenvalue weighted by Gasteiger charge is -2.48. The van der Waals surface area contributed by atoms with Crippen LogP contribution in [0.15, 0.2) is 12.2 Å². The van der Waals surface area contributed by atoms with Gasteiger partial charge in [-0.25, -0.2) is 0 Å². The zero-order valence-electron chi connectivity index (χ0n) is 13.2. The number of allylic oxidation sites excluding steroid dienone is 1. The molecule has 0 aromatic heterocycles. The summed E-state index contributed by atoms with van der Waals surface area (Å²) >= 11 is 0. The second-order valence-corrected chi connectivity index (χ2v) is 6.85. The molecule has 4 atom stereocenters. The number of nitrogens with zero attached hydrogens (tertiary/aromatic N) is 1. The summed E-state index contributed by atoms with van der Waals surface area (Å²) in [6, 6.07) is 2.19. The molecule has 1 heterocycles. The number of hydrogen-bond donors (Lipinski definition) is 1. The van der Waals surface area contributed by atoms with Gasteiger partial charge < -0.3 is 5.32 Å². The molecule has 0 spiro atoms. The third-order valence-corrected chi connectivity index (χ3v) is 5.23. The van der Waals surface area contributed by atoms with Gasteiger partial charge in [0.2, 0.25) is 0 Å². The van der Waals surface area contributed by atoms with Crippen LogP contribution in [0.25, 0.3) is 0 Å². The van der Waals surface area contributed by atoms with Crippen molar-refractivity contribution in [1.82, 2.24) is 10.2 Å². The van der Waals surface area contributed by atoms with E-state index in [1.165, 1.54) is 38.8 Å². The van der Waals surface area contributed by atoms with Crippen molar-refractivity contribution in [2.75, 3.05) is 13.1 Å². The van der Waals surface area contributed by atoms with Gasteiger partial charge in [0, 0.05) is 31.2 Å². The SMILES string of the molecule is CCC(C)C1CN(C2CC=CCC2)C(C(C)C)CN1. The van der Waals surface area contributed by atoms with Crippen molar-refractivity contribution >= 4 is 0 Å². The highest BCUT2D eigenvalue weighted by molar-refractivity contribution is 4.99. The highest BCUT2D eigenvalue weighted by Gasteiger charge is 2.35. The molecule has 0 aromatic rings. The fourth-order valence-electron chi connectivity index (χ4n) is 3.60. The normalized spacial score (nSPS) is 34.7. The van der Waals surface area contributed by atoms with Crippen LogP contribution in [0.3, 0.4) is 0 Å².